The van der Waals surface area contributed by atoms with Gasteiger partial charge < -0.3 is 5.11 Å². The topological polar surface area (TPSA) is 78.2 Å². The van der Waals surface area contributed by atoms with Gasteiger partial charge in [0.25, 0.3) is 0 Å². The SMILES string of the molecule is N#C[C@@H]1CS(=O)(=O)C[C@H]1O. The third-order valence-electron chi connectivity index (χ3n) is 1.49. The van der Waals surface area contributed by atoms with Crippen LogP contribution in [0.4, 0.5) is 0 Å². The molecular weight excluding hydrogens is 154 g/mol. The van der Waals surface area contributed by atoms with Crippen molar-refractivity contribution in [2.24, 2.45) is 5.92 Å². The molecule has 4 nitrogen and oxygen atoms in total. The van der Waals surface area contributed by atoms with Crippen molar-refractivity contribution in [2.75, 3.05) is 11.5 Å². The lowest BCUT2D eigenvalue weighted by Crippen LogP contribution is -2.15. The molecule has 1 saturated heterocycles. The van der Waals surface area contributed by atoms with Gasteiger partial charge in [0.1, 0.15) is 0 Å². The van der Waals surface area contributed by atoms with Crippen molar-refractivity contribution in [2.45, 2.75) is 6.10 Å². The molecule has 0 aromatic carbocycles. The number of rotatable bonds is 0. The number of nitrogens with zero attached hydrogens (tertiary/aromatic N) is 1. The molecule has 0 aromatic heterocycles. The summed E-state index contributed by atoms with van der Waals surface area (Å²) in [6.07, 6.45) is -0.977. The summed E-state index contributed by atoms with van der Waals surface area (Å²) in [5, 5.41) is 17.2. The highest BCUT2D eigenvalue weighted by Gasteiger charge is 2.36. The highest BCUT2D eigenvalue weighted by atomic mass is 32.2. The van der Waals surface area contributed by atoms with Gasteiger partial charge in [0.05, 0.1) is 29.6 Å². The Bertz CT molecular complexity index is 263. The van der Waals surface area contributed by atoms with Crippen molar-refractivity contribution in [1.29, 1.82) is 5.26 Å². The Morgan fingerprint density at radius 1 is 1.50 bits per heavy atom. The summed E-state index contributed by atoms with van der Waals surface area (Å²) < 4.78 is 21.4. The van der Waals surface area contributed by atoms with Crippen LogP contribution in [0.5, 0.6) is 0 Å². The fraction of sp³-hybridized carbons (Fsp3) is 0.800. The Morgan fingerprint density at radius 3 is 2.30 bits per heavy atom. The van der Waals surface area contributed by atoms with Gasteiger partial charge in [-0.15, -0.1) is 0 Å². The molecule has 0 saturated carbocycles. The lowest BCUT2D eigenvalue weighted by atomic mass is 10.1. The number of nitriles is 1. The molecule has 1 fully saturated rings. The molecule has 0 spiro atoms. The monoisotopic (exact) mass is 161 g/mol. The molecule has 0 aromatic rings. The molecule has 1 heterocycles. The molecule has 1 aliphatic heterocycles. The van der Waals surface area contributed by atoms with Crippen molar-refractivity contribution in [3.63, 3.8) is 0 Å². The smallest absolute Gasteiger partial charge is 0.154 e. The molecule has 1 aliphatic rings. The van der Waals surface area contributed by atoms with Crippen molar-refractivity contribution in [1.82, 2.24) is 0 Å². The number of hydrogen-bond donors (Lipinski definition) is 1. The maximum atomic E-state index is 10.7. The van der Waals surface area contributed by atoms with E-state index in [4.69, 9.17) is 10.4 Å². The predicted octanol–water partition coefficient (Wildman–Crippen LogP) is -1.08. The maximum absolute atomic E-state index is 10.7. The van der Waals surface area contributed by atoms with Crippen LogP contribution in [0.15, 0.2) is 0 Å². The normalized spacial score (nSPS) is 37.2. The molecule has 2 atom stereocenters. The molecule has 10 heavy (non-hydrogen) atoms. The lowest BCUT2D eigenvalue weighted by Gasteiger charge is -1.98. The van der Waals surface area contributed by atoms with Crippen molar-refractivity contribution >= 4 is 9.84 Å². The summed E-state index contributed by atoms with van der Waals surface area (Å²) >= 11 is 0. The van der Waals surface area contributed by atoms with E-state index < -0.39 is 21.9 Å². The average Bonchev–Trinajstić information content (AvgIpc) is 2.05. The number of hydrogen-bond acceptors (Lipinski definition) is 4. The van der Waals surface area contributed by atoms with Gasteiger partial charge >= 0.3 is 0 Å². The predicted molar refractivity (Wildman–Crippen MR) is 33.8 cm³/mol. The first-order valence-corrected chi connectivity index (χ1v) is 4.65. The molecule has 0 unspecified atom stereocenters. The van der Waals surface area contributed by atoms with E-state index >= 15 is 0 Å². The Labute approximate surface area is 59.0 Å². The van der Waals surface area contributed by atoms with Crippen molar-refractivity contribution < 1.29 is 13.5 Å². The van der Waals surface area contributed by atoms with E-state index in [1.165, 1.54) is 0 Å². The maximum Gasteiger partial charge on any atom is 0.154 e. The Hall–Kier alpha value is -0.600. The minimum atomic E-state index is -3.13. The second-order valence-corrected chi connectivity index (χ2v) is 4.53. The van der Waals surface area contributed by atoms with Gasteiger partial charge in [-0.3, -0.25) is 0 Å². The molecule has 0 aliphatic carbocycles. The van der Waals surface area contributed by atoms with Crippen LogP contribution in [0.3, 0.4) is 0 Å². The largest absolute Gasteiger partial charge is 0.391 e. The average molecular weight is 161 g/mol. The Morgan fingerprint density at radius 2 is 2.10 bits per heavy atom. The van der Waals surface area contributed by atoms with Crippen LogP contribution in [0.1, 0.15) is 0 Å². The van der Waals surface area contributed by atoms with Gasteiger partial charge in [-0.05, 0) is 0 Å². The fourth-order valence-electron chi connectivity index (χ4n) is 0.952. The van der Waals surface area contributed by atoms with Crippen LogP contribution in [-0.4, -0.2) is 31.1 Å². The third kappa shape index (κ3) is 1.28. The molecule has 56 valence electrons. The van der Waals surface area contributed by atoms with Crippen molar-refractivity contribution in [3.8, 4) is 6.07 Å². The van der Waals surface area contributed by atoms with E-state index in [1.54, 1.807) is 6.07 Å². The highest BCUT2D eigenvalue weighted by molar-refractivity contribution is 7.91. The van der Waals surface area contributed by atoms with E-state index in [-0.39, 0.29) is 11.5 Å². The number of aliphatic hydroxyl groups is 1. The molecule has 1 rings (SSSR count). The van der Waals surface area contributed by atoms with Gasteiger partial charge in [0.15, 0.2) is 9.84 Å². The Kier molecular flexibility index (Phi) is 1.67. The van der Waals surface area contributed by atoms with Crippen LogP contribution in [-0.2, 0) is 9.84 Å². The van der Waals surface area contributed by atoms with Gasteiger partial charge in [-0.1, -0.05) is 0 Å². The van der Waals surface area contributed by atoms with Crippen LogP contribution < -0.4 is 0 Å². The number of sulfone groups is 1. The van der Waals surface area contributed by atoms with Gasteiger partial charge in [0, 0.05) is 0 Å². The summed E-state index contributed by atoms with van der Waals surface area (Å²) in [7, 11) is -3.13. The summed E-state index contributed by atoms with van der Waals surface area (Å²) in [5.74, 6) is -1.17. The zero-order valence-electron chi connectivity index (χ0n) is 5.19. The second kappa shape index (κ2) is 2.22. The van der Waals surface area contributed by atoms with E-state index in [1.807, 2.05) is 0 Å². The molecular formula is C5H7NO3S. The first-order chi connectivity index (χ1) is 4.55. The van der Waals surface area contributed by atoms with Crippen molar-refractivity contribution in [3.05, 3.63) is 0 Å². The van der Waals surface area contributed by atoms with Crippen LogP contribution in [0.2, 0.25) is 0 Å². The van der Waals surface area contributed by atoms with Gasteiger partial charge in [-0.25, -0.2) is 8.42 Å². The van der Waals surface area contributed by atoms with E-state index in [0.717, 1.165) is 0 Å². The highest BCUT2D eigenvalue weighted by Crippen LogP contribution is 2.17. The first kappa shape index (κ1) is 7.51. The minimum absolute atomic E-state index is 0.190. The van der Waals surface area contributed by atoms with E-state index in [2.05, 4.69) is 0 Å². The second-order valence-electron chi connectivity index (χ2n) is 2.38. The minimum Gasteiger partial charge on any atom is -0.391 e. The molecule has 0 amide bonds. The standard InChI is InChI=1S/C5H7NO3S/c6-1-4-2-10(8,9)3-5(4)7/h4-5,7H,2-3H2/t4-,5-/m1/s1. The molecule has 1 N–H and O–H groups in total. The van der Waals surface area contributed by atoms with Crippen LogP contribution >= 0.6 is 0 Å². The lowest BCUT2D eigenvalue weighted by molar-refractivity contribution is 0.174. The zero-order valence-corrected chi connectivity index (χ0v) is 6.00. The van der Waals surface area contributed by atoms with Gasteiger partial charge in [0.2, 0.25) is 0 Å². The van der Waals surface area contributed by atoms with Crippen LogP contribution in [0.25, 0.3) is 0 Å². The Balaban J connectivity index is 2.83. The van der Waals surface area contributed by atoms with Crippen LogP contribution in [0, 0.1) is 17.2 Å². The van der Waals surface area contributed by atoms with E-state index in [0.29, 0.717) is 0 Å². The van der Waals surface area contributed by atoms with E-state index in [9.17, 15) is 8.42 Å². The van der Waals surface area contributed by atoms with Gasteiger partial charge in [-0.2, -0.15) is 5.26 Å². The summed E-state index contributed by atoms with van der Waals surface area (Å²) in [6.45, 7) is 0. The summed E-state index contributed by atoms with van der Waals surface area (Å²) in [5.41, 5.74) is 0. The quantitative estimate of drug-likeness (QED) is 0.490. The third-order valence-corrected chi connectivity index (χ3v) is 3.20. The first-order valence-electron chi connectivity index (χ1n) is 2.83. The molecule has 5 heteroatoms. The summed E-state index contributed by atoms with van der Waals surface area (Å²) in [6, 6.07) is 1.74. The fourth-order valence-corrected chi connectivity index (χ4v) is 2.68. The zero-order chi connectivity index (χ0) is 7.78. The molecule has 0 radical (unpaired) electrons. The molecule has 0 bridgehead atoms. The number of aliphatic hydroxyl groups excluding tert-OH is 1. The summed E-state index contributed by atoms with van der Waals surface area (Å²) in [4.78, 5) is 0.